The lowest BCUT2D eigenvalue weighted by atomic mass is 10.0. The van der Waals surface area contributed by atoms with Crippen LogP contribution in [0.2, 0.25) is 0 Å². The number of nitrogens with one attached hydrogen (secondary N) is 1. The maximum Gasteiger partial charge on any atom is 0.472 e. The van der Waals surface area contributed by atoms with Crippen LogP contribution in [0.15, 0.2) is 109 Å². The molecule has 0 bridgehead atoms. The zero-order valence-electron chi connectivity index (χ0n) is 49.7. The van der Waals surface area contributed by atoms with E-state index in [4.69, 9.17) is 13.8 Å². The van der Waals surface area contributed by atoms with Crippen molar-refractivity contribution in [1.29, 1.82) is 0 Å². The van der Waals surface area contributed by atoms with Crippen LogP contribution in [-0.4, -0.2) is 74.3 Å². The van der Waals surface area contributed by atoms with Gasteiger partial charge < -0.3 is 19.4 Å². The number of ether oxygens (including phenoxy) is 1. The molecule has 0 spiro atoms. The van der Waals surface area contributed by atoms with Gasteiger partial charge in [0.2, 0.25) is 5.91 Å². The van der Waals surface area contributed by atoms with Crippen LogP contribution in [-0.2, 0) is 27.9 Å². The van der Waals surface area contributed by atoms with Gasteiger partial charge >= 0.3 is 13.8 Å². The van der Waals surface area contributed by atoms with E-state index in [1.807, 2.05) is 33.3 Å². The minimum Gasteiger partial charge on any atom is -0.456 e. The summed E-state index contributed by atoms with van der Waals surface area (Å²) in [6, 6.07) is -0.876. The molecule has 3 atom stereocenters. The summed E-state index contributed by atoms with van der Waals surface area (Å²) in [5, 5.41) is 3.04. The lowest BCUT2D eigenvalue weighted by Crippen LogP contribution is -2.47. The number of likely N-dealkylation sites (N-methyl/N-ethyl adjacent to an activating group) is 1. The Morgan fingerprint density at radius 3 is 1.30 bits per heavy atom. The largest absolute Gasteiger partial charge is 0.472 e. The van der Waals surface area contributed by atoms with Gasteiger partial charge in [-0.2, -0.15) is 0 Å². The molecule has 0 aliphatic carbocycles. The number of amides is 1. The number of carbonyl (C=O) groups excluding carboxylic acids is 2. The highest BCUT2D eigenvalue weighted by Crippen LogP contribution is 2.43. The molecule has 0 aromatic rings. The monoisotopic (exact) mass is 1080 g/mol. The van der Waals surface area contributed by atoms with Gasteiger partial charge in [0.05, 0.1) is 33.8 Å². The summed E-state index contributed by atoms with van der Waals surface area (Å²) in [7, 11) is 1.45. The quantitative estimate of drug-likeness (QED) is 0.0205. The maximum atomic E-state index is 13.5. The molecule has 0 aliphatic heterocycles. The predicted octanol–water partition coefficient (Wildman–Crippen LogP) is 18.9. The van der Waals surface area contributed by atoms with E-state index in [9.17, 15) is 19.0 Å². The Morgan fingerprint density at radius 1 is 0.474 bits per heavy atom. The fraction of sp³-hybridized carbons (Fsp3) is 0.697. The van der Waals surface area contributed by atoms with E-state index < -0.39 is 20.0 Å². The summed E-state index contributed by atoms with van der Waals surface area (Å²) in [5.41, 5.74) is 0. The lowest BCUT2D eigenvalue weighted by Gasteiger charge is -2.27. The third kappa shape index (κ3) is 55.4. The van der Waals surface area contributed by atoms with Crippen LogP contribution < -0.4 is 5.32 Å². The minimum atomic E-state index is -4.47. The van der Waals surface area contributed by atoms with E-state index in [1.165, 1.54) is 77.0 Å². The van der Waals surface area contributed by atoms with Crippen molar-refractivity contribution in [3.05, 3.63) is 109 Å². The third-order valence-corrected chi connectivity index (χ3v) is 13.9. The first-order valence-corrected chi connectivity index (χ1v) is 32.2. The molecule has 9 nitrogen and oxygen atoms in total. The van der Waals surface area contributed by atoms with Crippen molar-refractivity contribution in [3.63, 3.8) is 0 Å². The van der Waals surface area contributed by atoms with Crippen molar-refractivity contribution in [2.45, 2.75) is 258 Å². The number of quaternary nitrogens is 1. The number of unbranched alkanes of at least 4 members (excludes halogenated alkanes) is 22. The SMILES string of the molecule is CC/C=C\C/C=C\C/C=C\C/C=C\C/C=C\CCCCCC(=O)OC(/C=C/CCCCCCCCCCCC)C(COP(=O)(O)OCC[N+](C)(C)C)NC(=O)CCCCCCCC/C=C\C/C=C\C/C=C\CCCCC. The highest BCUT2D eigenvalue weighted by atomic mass is 31.2. The standard InChI is InChI=1S/C66H115N2O7P/c1-7-10-13-16-19-22-25-28-30-32-34-36-38-40-43-46-49-52-55-58-65(69)67-63(62-74-76(71,72)73-61-60-68(4,5)6)64(57-54-51-48-45-42-27-24-21-18-15-12-9-3)75-66(70)59-56-53-50-47-44-41-39-37-35-33-31-29-26-23-20-17-14-11-8-2/h11,14,19-20,22-23,28-31,34-37,41,44,54,57,63-64H,7-10,12-13,15-18,21,24-27,32-33,38-40,42-43,45-53,55-56,58-62H2,1-6H3,(H-,67,69,71,72)/p+1/b14-11-,22-19-,23-20-,30-28-,31-29-,36-34-,37-35-,44-41-,57-54+. The Bertz CT molecular complexity index is 1670. The first-order chi connectivity index (χ1) is 36.9. The first kappa shape index (κ1) is 72.7. The number of nitrogens with zero attached hydrogens (tertiary/aromatic N) is 1. The van der Waals surface area contributed by atoms with Crippen LogP contribution in [0.5, 0.6) is 0 Å². The molecule has 10 heteroatoms. The molecule has 436 valence electrons. The highest BCUT2D eigenvalue weighted by Gasteiger charge is 2.30. The second-order valence-corrected chi connectivity index (χ2v) is 22.9. The number of esters is 1. The normalized spacial score (nSPS) is 14.5. The number of carbonyl (C=O) groups is 2. The second kappa shape index (κ2) is 55.0. The van der Waals surface area contributed by atoms with Gasteiger partial charge in [-0.25, -0.2) is 4.57 Å². The minimum absolute atomic E-state index is 0.0262. The fourth-order valence-corrected chi connectivity index (χ4v) is 8.94. The average Bonchev–Trinajstić information content (AvgIpc) is 3.38. The van der Waals surface area contributed by atoms with Crippen molar-refractivity contribution in [2.24, 2.45) is 0 Å². The molecule has 3 unspecified atom stereocenters. The van der Waals surface area contributed by atoms with E-state index >= 15 is 0 Å². The molecule has 1 amide bonds. The Morgan fingerprint density at radius 2 is 0.842 bits per heavy atom. The molecular formula is C66H116N2O7P+. The molecule has 0 saturated heterocycles. The Hall–Kier alpha value is -3.33. The van der Waals surface area contributed by atoms with Crippen molar-refractivity contribution in [1.82, 2.24) is 5.32 Å². The molecule has 0 radical (unpaired) electrons. The van der Waals surface area contributed by atoms with Crippen LogP contribution >= 0.6 is 7.82 Å². The van der Waals surface area contributed by atoms with Gasteiger partial charge in [0.15, 0.2) is 0 Å². The van der Waals surface area contributed by atoms with E-state index in [0.29, 0.717) is 23.9 Å². The Labute approximate surface area is 468 Å². The zero-order valence-corrected chi connectivity index (χ0v) is 50.6. The van der Waals surface area contributed by atoms with Crippen molar-refractivity contribution >= 4 is 19.7 Å². The molecule has 2 N–H and O–H groups in total. The number of phosphoric ester groups is 1. The molecule has 0 aromatic carbocycles. The lowest BCUT2D eigenvalue weighted by molar-refractivity contribution is -0.870. The van der Waals surface area contributed by atoms with Crippen molar-refractivity contribution in [2.75, 3.05) is 40.9 Å². The van der Waals surface area contributed by atoms with Crippen molar-refractivity contribution < 1.29 is 37.3 Å². The summed E-state index contributed by atoms with van der Waals surface area (Å²) in [6.07, 6.45) is 75.1. The van der Waals surface area contributed by atoms with Gasteiger partial charge in [0.25, 0.3) is 0 Å². The van der Waals surface area contributed by atoms with Gasteiger partial charge in [0, 0.05) is 12.8 Å². The van der Waals surface area contributed by atoms with Crippen LogP contribution in [0.25, 0.3) is 0 Å². The average molecular weight is 1080 g/mol. The Balaban J connectivity index is 5.37. The summed E-state index contributed by atoms with van der Waals surface area (Å²) in [4.78, 5) is 37.7. The van der Waals surface area contributed by atoms with Crippen molar-refractivity contribution in [3.8, 4) is 0 Å². The van der Waals surface area contributed by atoms with Gasteiger partial charge in [-0.15, -0.1) is 0 Å². The van der Waals surface area contributed by atoms with E-state index in [2.05, 4.69) is 123 Å². The molecule has 0 aliphatic rings. The Kier molecular flexibility index (Phi) is 52.6. The van der Waals surface area contributed by atoms with E-state index in [0.717, 1.165) is 128 Å². The van der Waals surface area contributed by atoms with Gasteiger partial charge in [0.1, 0.15) is 19.3 Å². The maximum absolute atomic E-state index is 13.5. The summed E-state index contributed by atoms with van der Waals surface area (Å²) >= 11 is 0. The number of allylic oxidation sites excluding steroid dienone is 17. The van der Waals surface area contributed by atoms with Gasteiger partial charge in [-0.05, 0) is 115 Å². The molecule has 0 heterocycles. The van der Waals surface area contributed by atoms with Crippen LogP contribution in [0.3, 0.4) is 0 Å². The van der Waals surface area contributed by atoms with Crippen LogP contribution in [0, 0.1) is 0 Å². The van der Waals surface area contributed by atoms with Gasteiger partial charge in [-0.1, -0.05) is 227 Å². The molecular weight excluding hydrogens is 964 g/mol. The molecule has 0 saturated carbocycles. The molecule has 0 fully saturated rings. The molecule has 76 heavy (non-hydrogen) atoms. The number of hydrogen-bond donors (Lipinski definition) is 2. The topological polar surface area (TPSA) is 111 Å². The van der Waals surface area contributed by atoms with E-state index in [1.54, 1.807) is 0 Å². The fourth-order valence-electron chi connectivity index (χ4n) is 8.21. The van der Waals surface area contributed by atoms with Crippen LogP contribution in [0.4, 0.5) is 0 Å². The molecule has 0 rings (SSSR count). The number of rotatable bonds is 54. The number of hydrogen-bond acceptors (Lipinski definition) is 6. The van der Waals surface area contributed by atoms with E-state index in [-0.39, 0.29) is 31.5 Å². The summed E-state index contributed by atoms with van der Waals surface area (Å²) in [6.45, 7) is 6.82. The highest BCUT2D eigenvalue weighted by molar-refractivity contribution is 7.47. The number of phosphoric acid groups is 1. The summed E-state index contributed by atoms with van der Waals surface area (Å²) < 4.78 is 30.6. The second-order valence-electron chi connectivity index (χ2n) is 21.5. The first-order valence-electron chi connectivity index (χ1n) is 30.7. The zero-order chi connectivity index (χ0) is 55.7. The third-order valence-electron chi connectivity index (χ3n) is 12.9. The van der Waals surface area contributed by atoms with Gasteiger partial charge in [-0.3, -0.25) is 18.6 Å². The van der Waals surface area contributed by atoms with Crippen LogP contribution in [0.1, 0.15) is 245 Å². The molecule has 0 aromatic heterocycles. The summed E-state index contributed by atoms with van der Waals surface area (Å²) in [5.74, 6) is -0.563. The smallest absolute Gasteiger partial charge is 0.456 e. The predicted molar refractivity (Wildman–Crippen MR) is 327 cm³/mol.